The lowest BCUT2D eigenvalue weighted by Gasteiger charge is -2.09. The third-order valence-electron chi connectivity index (χ3n) is 5.10. The second-order valence-corrected chi connectivity index (χ2v) is 7.15. The van der Waals surface area contributed by atoms with Crippen LogP contribution in [0, 0.1) is 5.82 Å². The number of pyridine rings is 1. The molecule has 29 heavy (non-hydrogen) atoms. The van der Waals surface area contributed by atoms with E-state index < -0.39 is 5.82 Å². The zero-order valence-corrected chi connectivity index (χ0v) is 15.8. The van der Waals surface area contributed by atoms with Gasteiger partial charge in [-0.25, -0.2) is 14.1 Å². The summed E-state index contributed by atoms with van der Waals surface area (Å²) >= 11 is 0. The summed E-state index contributed by atoms with van der Waals surface area (Å²) in [5.74, 6) is -0.324. The first-order valence-corrected chi connectivity index (χ1v) is 9.61. The van der Waals surface area contributed by atoms with Gasteiger partial charge < -0.3 is 5.32 Å². The molecule has 1 aliphatic rings. The van der Waals surface area contributed by atoms with Gasteiger partial charge in [0.2, 0.25) is 0 Å². The average Bonchev–Trinajstić information content (AvgIpc) is 3.34. The lowest BCUT2D eigenvalue weighted by atomic mass is 10.1. The first-order valence-electron chi connectivity index (χ1n) is 9.61. The molecule has 3 heterocycles. The average molecular weight is 390 g/mol. The Bertz CT molecular complexity index is 1220. The second-order valence-electron chi connectivity index (χ2n) is 7.15. The van der Waals surface area contributed by atoms with Crippen LogP contribution in [0.3, 0.4) is 0 Å². The molecular formula is C21H19FN6O. The highest BCUT2D eigenvalue weighted by Crippen LogP contribution is 2.40. The van der Waals surface area contributed by atoms with E-state index in [-0.39, 0.29) is 5.91 Å². The zero-order valence-electron chi connectivity index (χ0n) is 15.8. The van der Waals surface area contributed by atoms with Gasteiger partial charge in [-0.3, -0.25) is 9.48 Å². The second kappa shape index (κ2) is 6.80. The van der Waals surface area contributed by atoms with Gasteiger partial charge in [-0.1, -0.05) is 12.1 Å². The molecule has 8 heteroatoms. The summed E-state index contributed by atoms with van der Waals surface area (Å²) in [7, 11) is 0. The highest BCUT2D eigenvalue weighted by Gasteiger charge is 2.28. The molecule has 7 nitrogen and oxygen atoms in total. The third-order valence-corrected chi connectivity index (χ3v) is 5.10. The number of fused-ring (bicyclic) bond motifs is 1. The third kappa shape index (κ3) is 3.16. The largest absolute Gasteiger partial charge is 0.319 e. The quantitative estimate of drug-likeness (QED) is 0.561. The maximum atomic E-state index is 14.4. The van der Waals surface area contributed by atoms with E-state index in [2.05, 4.69) is 15.5 Å². The molecule has 0 saturated heterocycles. The molecule has 3 aromatic heterocycles. The van der Waals surface area contributed by atoms with Crippen LogP contribution in [-0.2, 0) is 6.54 Å². The Morgan fingerprint density at radius 2 is 2.07 bits per heavy atom. The fourth-order valence-electron chi connectivity index (χ4n) is 3.40. The molecule has 1 aromatic carbocycles. The standard InChI is InChI=1S/C21H19FN6O/c1-2-27-12-14(10-23-27)25-21(29)15-9-18(13-7-8-13)26-20-16(15)11-24-28(20)19-6-4-3-5-17(19)22/h3-6,9-13H,2,7-8H2,1H3,(H,25,29). The number of amides is 1. The van der Waals surface area contributed by atoms with Crippen molar-refractivity contribution in [2.75, 3.05) is 5.32 Å². The van der Waals surface area contributed by atoms with Gasteiger partial charge in [-0.05, 0) is 38.0 Å². The van der Waals surface area contributed by atoms with E-state index in [1.54, 1.807) is 41.5 Å². The summed E-state index contributed by atoms with van der Waals surface area (Å²) < 4.78 is 17.6. The van der Waals surface area contributed by atoms with Gasteiger partial charge in [0.25, 0.3) is 5.91 Å². The van der Waals surface area contributed by atoms with Crippen LogP contribution in [0.5, 0.6) is 0 Å². The molecule has 146 valence electrons. The number of aryl methyl sites for hydroxylation is 1. The number of carbonyl (C=O) groups excluding carboxylic acids is 1. The van der Waals surface area contributed by atoms with Gasteiger partial charge in [-0.15, -0.1) is 0 Å². The van der Waals surface area contributed by atoms with Gasteiger partial charge in [0, 0.05) is 24.4 Å². The number of nitrogens with one attached hydrogen (secondary N) is 1. The zero-order chi connectivity index (χ0) is 20.0. The van der Waals surface area contributed by atoms with Crippen LogP contribution in [0.15, 0.2) is 48.9 Å². The van der Waals surface area contributed by atoms with Crippen molar-refractivity contribution < 1.29 is 9.18 Å². The molecule has 1 amide bonds. The number of nitrogens with zero attached hydrogens (tertiary/aromatic N) is 5. The van der Waals surface area contributed by atoms with Crippen molar-refractivity contribution in [1.29, 1.82) is 0 Å². The number of hydrogen-bond acceptors (Lipinski definition) is 4. The van der Waals surface area contributed by atoms with Crippen molar-refractivity contribution in [3.05, 3.63) is 66.0 Å². The summed E-state index contributed by atoms with van der Waals surface area (Å²) in [6, 6.07) is 8.23. The highest BCUT2D eigenvalue weighted by molar-refractivity contribution is 6.12. The first kappa shape index (κ1) is 17.5. The summed E-state index contributed by atoms with van der Waals surface area (Å²) in [6.45, 7) is 2.70. The Kier molecular flexibility index (Phi) is 4.12. The molecule has 0 radical (unpaired) electrons. The molecule has 1 aliphatic carbocycles. The topological polar surface area (TPSA) is 77.6 Å². The Labute approximate surface area is 166 Å². The maximum Gasteiger partial charge on any atom is 0.256 e. The van der Waals surface area contributed by atoms with Crippen LogP contribution in [0.25, 0.3) is 16.7 Å². The van der Waals surface area contributed by atoms with Crippen LogP contribution in [-0.4, -0.2) is 30.5 Å². The Morgan fingerprint density at radius 3 is 2.79 bits per heavy atom. The molecule has 0 unspecified atom stereocenters. The molecule has 0 bridgehead atoms. The number of anilines is 1. The molecule has 0 atom stereocenters. The summed E-state index contributed by atoms with van der Waals surface area (Å²) in [5.41, 5.74) is 2.72. The molecule has 1 N–H and O–H groups in total. The summed E-state index contributed by atoms with van der Waals surface area (Å²) in [6.07, 6.45) is 7.04. The molecular weight excluding hydrogens is 371 g/mol. The number of para-hydroxylation sites is 1. The molecule has 0 aliphatic heterocycles. The van der Waals surface area contributed by atoms with Crippen LogP contribution >= 0.6 is 0 Å². The van der Waals surface area contributed by atoms with Crippen molar-refractivity contribution in [2.45, 2.75) is 32.2 Å². The van der Waals surface area contributed by atoms with Gasteiger partial charge in [-0.2, -0.15) is 10.2 Å². The number of benzene rings is 1. The van der Waals surface area contributed by atoms with Crippen molar-refractivity contribution in [3.63, 3.8) is 0 Å². The fraction of sp³-hybridized carbons (Fsp3) is 0.238. The highest BCUT2D eigenvalue weighted by atomic mass is 19.1. The SMILES string of the molecule is CCn1cc(NC(=O)c2cc(C3CC3)nc3c2cnn3-c2ccccc2F)cn1. The monoisotopic (exact) mass is 390 g/mol. The van der Waals surface area contributed by atoms with Crippen LogP contribution in [0.2, 0.25) is 0 Å². The van der Waals surface area contributed by atoms with E-state index in [1.165, 1.54) is 10.7 Å². The van der Waals surface area contributed by atoms with Gasteiger partial charge in [0.05, 0.1) is 29.0 Å². The van der Waals surface area contributed by atoms with Crippen molar-refractivity contribution in [1.82, 2.24) is 24.5 Å². The van der Waals surface area contributed by atoms with E-state index in [4.69, 9.17) is 4.98 Å². The predicted molar refractivity (Wildman–Crippen MR) is 107 cm³/mol. The smallest absolute Gasteiger partial charge is 0.256 e. The molecule has 0 spiro atoms. The van der Waals surface area contributed by atoms with E-state index in [0.717, 1.165) is 25.1 Å². The van der Waals surface area contributed by atoms with Crippen molar-refractivity contribution >= 4 is 22.6 Å². The lowest BCUT2D eigenvalue weighted by Crippen LogP contribution is -2.13. The van der Waals surface area contributed by atoms with E-state index in [9.17, 15) is 9.18 Å². The van der Waals surface area contributed by atoms with Crippen LogP contribution < -0.4 is 5.32 Å². The number of rotatable bonds is 5. The molecule has 4 aromatic rings. The van der Waals surface area contributed by atoms with Gasteiger partial charge in [0.15, 0.2) is 5.65 Å². The molecule has 1 fully saturated rings. The summed E-state index contributed by atoms with van der Waals surface area (Å²) in [5, 5.41) is 12.0. The minimum Gasteiger partial charge on any atom is -0.319 e. The number of hydrogen-bond donors (Lipinski definition) is 1. The molecule has 1 saturated carbocycles. The van der Waals surface area contributed by atoms with E-state index in [1.807, 2.05) is 13.0 Å². The Hall–Kier alpha value is -3.55. The number of carbonyl (C=O) groups is 1. The van der Waals surface area contributed by atoms with Crippen molar-refractivity contribution in [2.24, 2.45) is 0 Å². The predicted octanol–water partition coefficient (Wildman–Crippen LogP) is 3.91. The van der Waals surface area contributed by atoms with Crippen LogP contribution in [0.4, 0.5) is 10.1 Å². The first-order chi connectivity index (χ1) is 14.1. The van der Waals surface area contributed by atoms with E-state index >= 15 is 0 Å². The fourth-order valence-corrected chi connectivity index (χ4v) is 3.40. The Balaban J connectivity index is 1.61. The summed E-state index contributed by atoms with van der Waals surface area (Å²) in [4.78, 5) is 17.8. The maximum absolute atomic E-state index is 14.4. The van der Waals surface area contributed by atoms with Crippen molar-refractivity contribution in [3.8, 4) is 5.69 Å². The van der Waals surface area contributed by atoms with Crippen LogP contribution in [0.1, 0.15) is 41.7 Å². The molecule has 5 rings (SSSR count). The number of halogens is 1. The minimum absolute atomic E-state index is 0.261. The Morgan fingerprint density at radius 1 is 1.24 bits per heavy atom. The minimum atomic E-state index is -0.394. The normalized spacial score (nSPS) is 13.7. The number of aromatic nitrogens is 5. The van der Waals surface area contributed by atoms with Gasteiger partial charge >= 0.3 is 0 Å². The van der Waals surface area contributed by atoms with Gasteiger partial charge in [0.1, 0.15) is 11.5 Å². The van der Waals surface area contributed by atoms with E-state index in [0.29, 0.717) is 33.9 Å². The lowest BCUT2D eigenvalue weighted by molar-refractivity contribution is 0.102.